The van der Waals surface area contributed by atoms with Gasteiger partial charge in [-0.15, -0.1) is 0 Å². The quantitative estimate of drug-likeness (QED) is 0.879. The summed E-state index contributed by atoms with van der Waals surface area (Å²) in [5.41, 5.74) is 0.216. The third kappa shape index (κ3) is 4.57. The zero-order valence-electron chi connectivity index (χ0n) is 14.5. The Kier molecular flexibility index (Phi) is 5.66. The summed E-state index contributed by atoms with van der Waals surface area (Å²) >= 11 is 0. The molecule has 1 aliphatic carbocycles. The second-order valence-electron chi connectivity index (χ2n) is 6.65. The van der Waals surface area contributed by atoms with E-state index in [9.17, 15) is 4.79 Å². The molecule has 0 radical (unpaired) electrons. The zero-order valence-corrected chi connectivity index (χ0v) is 14.5. The van der Waals surface area contributed by atoms with Crippen LogP contribution in [0, 0.1) is 11.3 Å². The van der Waals surface area contributed by atoms with E-state index < -0.39 is 0 Å². The van der Waals surface area contributed by atoms with E-state index in [1.807, 2.05) is 11.0 Å². The number of carbonyl (C=O) groups is 1. The second-order valence-corrected chi connectivity index (χ2v) is 6.65. The number of amides is 2. The molecule has 2 heterocycles. The van der Waals surface area contributed by atoms with Crippen LogP contribution in [0.2, 0.25) is 0 Å². The second kappa shape index (κ2) is 8.12. The van der Waals surface area contributed by atoms with E-state index in [0.717, 1.165) is 51.9 Å². The predicted octanol–water partition coefficient (Wildman–Crippen LogP) is 0.995. The maximum atomic E-state index is 12.3. The van der Waals surface area contributed by atoms with E-state index in [0.29, 0.717) is 5.88 Å². The van der Waals surface area contributed by atoms with Crippen LogP contribution in [0.5, 0.6) is 5.88 Å². The van der Waals surface area contributed by atoms with Gasteiger partial charge in [0.25, 0.3) is 5.88 Å². The molecule has 1 aromatic heterocycles. The Morgan fingerprint density at radius 2 is 1.88 bits per heavy atom. The van der Waals surface area contributed by atoms with E-state index in [1.54, 1.807) is 0 Å². The average Bonchev–Trinajstić information content (AvgIpc) is 2.64. The fraction of sp³-hybridized carbons (Fsp3) is 0.647. The lowest BCUT2D eigenvalue weighted by molar-refractivity contribution is 0.124. The van der Waals surface area contributed by atoms with Gasteiger partial charge >= 0.3 is 6.03 Å². The summed E-state index contributed by atoms with van der Waals surface area (Å²) in [6.07, 6.45) is 6.41. The van der Waals surface area contributed by atoms with Crippen molar-refractivity contribution >= 4 is 6.03 Å². The van der Waals surface area contributed by atoms with Gasteiger partial charge in [0.15, 0.2) is 0 Å². The van der Waals surface area contributed by atoms with Crippen molar-refractivity contribution < 1.29 is 9.53 Å². The van der Waals surface area contributed by atoms with Gasteiger partial charge in [-0.1, -0.05) is 0 Å². The number of likely N-dealkylation sites (N-methyl/N-ethyl adjacent to an activating group) is 1. The third-order valence-electron chi connectivity index (χ3n) is 4.84. The summed E-state index contributed by atoms with van der Waals surface area (Å²) in [6.45, 7) is 3.41. The van der Waals surface area contributed by atoms with Crippen LogP contribution in [0.3, 0.4) is 0 Å². The Labute approximate surface area is 147 Å². The van der Waals surface area contributed by atoms with Crippen molar-refractivity contribution in [2.45, 2.75) is 37.8 Å². The number of nitrogens with one attached hydrogen (secondary N) is 1. The van der Waals surface area contributed by atoms with E-state index in [1.165, 1.54) is 12.4 Å². The van der Waals surface area contributed by atoms with E-state index in [-0.39, 0.29) is 23.9 Å². The van der Waals surface area contributed by atoms with Crippen LogP contribution in [0.25, 0.3) is 0 Å². The highest BCUT2D eigenvalue weighted by Crippen LogP contribution is 2.24. The SMILES string of the molecule is CN1CCN(C(=O)NC2CCC(Oc3nccnc3C#N)CC2)CC1. The van der Waals surface area contributed by atoms with Gasteiger partial charge in [-0.25, -0.2) is 14.8 Å². The van der Waals surface area contributed by atoms with E-state index >= 15 is 0 Å². The first-order valence-corrected chi connectivity index (χ1v) is 8.77. The van der Waals surface area contributed by atoms with E-state index in [4.69, 9.17) is 10.00 Å². The van der Waals surface area contributed by atoms with Crippen molar-refractivity contribution in [3.63, 3.8) is 0 Å². The minimum Gasteiger partial charge on any atom is -0.472 e. The van der Waals surface area contributed by atoms with Crippen molar-refractivity contribution in [1.29, 1.82) is 5.26 Å². The van der Waals surface area contributed by atoms with Gasteiger partial charge in [0.2, 0.25) is 5.69 Å². The molecule has 1 saturated heterocycles. The van der Waals surface area contributed by atoms with Gasteiger partial charge in [0.1, 0.15) is 12.2 Å². The fourth-order valence-corrected chi connectivity index (χ4v) is 3.25. The minimum absolute atomic E-state index is 0.0144. The molecule has 2 amide bonds. The number of hydrogen-bond donors (Lipinski definition) is 1. The number of carbonyl (C=O) groups excluding carboxylic acids is 1. The monoisotopic (exact) mass is 344 g/mol. The molecule has 0 atom stereocenters. The van der Waals surface area contributed by atoms with Crippen LogP contribution in [0.4, 0.5) is 4.79 Å². The maximum absolute atomic E-state index is 12.3. The molecule has 0 unspecified atom stereocenters. The first-order valence-electron chi connectivity index (χ1n) is 8.77. The molecule has 0 spiro atoms. The van der Waals surface area contributed by atoms with E-state index in [2.05, 4.69) is 27.2 Å². The molecule has 0 aromatic carbocycles. The summed E-state index contributed by atoms with van der Waals surface area (Å²) < 4.78 is 5.83. The lowest BCUT2D eigenvalue weighted by Gasteiger charge is -2.35. The lowest BCUT2D eigenvalue weighted by Crippen LogP contribution is -2.53. The Bertz CT molecular complexity index is 630. The van der Waals surface area contributed by atoms with Crippen molar-refractivity contribution in [3.05, 3.63) is 18.1 Å². The molecule has 2 aliphatic rings. The molecule has 8 nitrogen and oxygen atoms in total. The van der Waals surface area contributed by atoms with Gasteiger partial charge < -0.3 is 19.9 Å². The highest BCUT2D eigenvalue weighted by molar-refractivity contribution is 5.74. The summed E-state index contributed by atoms with van der Waals surface area (Å²) in [5, 5.41) is 12.2. The number of aromatic nitrogens is 2. The van der Waals surface area contributed by atoms with Crippen molar-refractivity contribution in [2.24, 2.45) is 0 Å². The first kappa shape index (κ1) is 17.4. The van der Waals surface area contributed by atoms with Gasteiger partial charge in [0, 0.05) is 44.6 Å². The predicted molar refractivity (Wildman–Crippen MR) is 91.0 cm³/mol. The standard InChI is InChI=1S/C17H24N6O2/c1-22-8-10-23(11-9-22)17(24)21-13-2-4-14(5-3-13)25-16-15(12-18)19-6-7-20-16/h6-7,13-14H,2-5,8-11H2,1H3,(H,21,24). The number of hydrogen-bond acceptors (Lipinski definition) is 6. The smallest absolute Gasteiger partial charge is 0.317 e. The molecule has 1 aliphatic heterocycles. The largest absolute Gasteiger partial charge is 0.472 e. The van der Waals surface area contributed by atoms with Crippen LogP contribution >= 0.6 is 0 Å². The van der Waals surface area contributed by atoms with Crippen molar-refractivity contribution in [1.82, 2.24) is 25.1 Å². The van der Waals surface area contributed by atoms with Crippen LogP contribution in [-0.2, 0) is 0 Å². The molecule has 25 heavy (non-hydrogen) atoms. The first-order chi connectivity index (χ1) is 12.2. The van der Waals surface area contributed by atoms with Crippen LogP contribution in [0.1, 0.15) is 31.4 Å². The Morgan fingerprint density at radius 1 is 1.20 bits per heavy atom. The summed E-state index contributed by atoms with van der Waals surface area (Å²) in [6, 6.07) is 2.22. The van der Waals surface area contributed by atoms with Gasteiger partial charge in [-0.3, -0.25) is 0 Å². The Hall–Kier alpha value is -2.40. The van der Waals surface area contributed by atoms with Gasteiger partial charge in [-0.2, -0.15) is 5.26 Å². The Morgan fingerprint density at radius 3 is 2.56 bits per heavy atom. The molecule has 3 rings (SSSR count). The fourth-order valence-electron chi connectivity index (χ4n) is 3.25. The van der Waals surface area contributed by atoms with Gasteiger partial charge in [0.05, 0.1) is 0 Å². The highest BCUT2D eigenvalue weighted by atomic mass is 16.5. The number of ether oxygens (including phenoxy) is 1. The molecule has 0 bridgehead atoms. The highest BCUT2D eigenvalue weighted by Gasteiger charge is 2.27. The molecule has 2 fully saturated rings. The topological polar surface area (TPSA) is 94.4 Å². The van der Waals surface area contributed by atoms with Crippen LogP contribution < -0.4 is 10.1 Å². The number of nitriles is 1. The van der Waals surface area contributed by atoms with Crippen LogP contribution in [0.15, 0.2) is 12.4 Å². The molecular formula is C17H24N6O2. The molecule has 1 saturated carbocycles. The normalized spacial score (nSPS) is 24.4. The maximum Gasteiger partial charge on any atom is 0.317 e. The summed E-state index contributed by atoms with van der Waals surface area (Å²) in [5.74, 6) is 0.301. The number of piperazine rings is 1. The number of nitrogens with zero attached hydrogens (tertiary/aromatic N) is 5. The Balaban J connectivity index is 1.44. The zero-order chi connectivity index (χ0) is 17.6. The third-order valence-corrected chi connectivity index (χ3v) is 4.84. The molecule has 134 valence electrons. The molecule has 1 aromatic rings. The van der Waals surface area contributed by atoms with Crippen molar-refractivity contribution in [3.8, 4) is 11.9 Å². The number of rotatable bonds is 3. The molecular weight excluding hydrogens is 320 g/mol. The van der Waals surface area contributed by atoms with Gasteiger partial charge in [-0.05, 0) is 32.7 Å². The minimum atomic E-state index is 0.0144. The van der Waals surface area contributed by atoms with Crippen molar-refractivity contribution in [2.75, 3.05) is 33.2 Å². The lowest BCUT2D eigenvalue weighted by atomic mass is 9.93. The molecule has 1 N–H and O–H groups in total. The number of urea groups is 1. The summed E-state index contributed by atoms with van der Waals surface area (Å²) in [4.78, 5) is 24.5. The average molecular weight is 344 g/mol. The van der Waals surface area contributed by atoms with Crippen LogP contribution in [-0.4, -0.2) is 71.2 Å². The molecule has 8 heteroatoms. The summed E-state index contributed by atoms with van der Waals surface area (Å²) in [7, 11) is 2.07.